The van der Waals surface area contributed by atoms with E-state index in [-0.39, 0.29) is 6.79 Å². The molecular formula is C25H18N4O3S. The summed E-state index contributed by atoms with van der Waals surface area (Å²) in [5.74, 6) is 2.27. The van der Waals surface area contributed by atoms with Crippen molar-refractivity contribution in [3.8, 4) is 39.1 Å². The average Bonchev–Trinajstić information content (AvgIpc) is 3.58. The first kappa shape index (κ1) is 19.5. The summed E-state index contributed by atoms with van der Waals surface area (Å²) in [7, 11) is 1.65. The van der Waals surface area contributed by atoms with Gasteiger partial charge >= 0.3 is 0 Å². The predicted octanol–water partition coefficient (Wildman–Crippen LogP) is 5.61. The van der Waals surface area contributed by atoms with Crippen LogP contribution in [0.2, 0.25) is 0 Å². The van der Waals surface area contributed by atoms with Crippen molar-refractivity contribution in [3.05, 3.63) is 78.5 Å². The summed E-state index contributed by atoms with van der Waals surface area (Å²) >= 11 is 1.52. The molecule has 0 spiro atoms. The maximum absolute atomic E-state index is 5.52. The molecule has 8 heteroatoms. The number of hydrogen-bond donors (Lipinski definition) is 0. The summed E-state index contributed by atoms with van der Waals surface area (Å²) in [5, 5.41) is 5.70. The minimum Gasteiger partial charge on any atom is -0.497 e. The summed E-state index contributed by atoms with van der Waals surface area (Å²) in [4.78, 5) is 10.4. The highest BCUT2D eigenvalue weighted by atomic mass is 32.1. The fourth-order valence-electron chi connectivity index (χ4n) is 3.64. The smallest absolute Gasteiger partial charge is 0.231 e. The fraction of sp³-hybridized carbons (Fsp3) is 0.0800. The topological polar surface area (TPSA) is 70.2 Å². The zero-order chi connectivity index (χ0) is 22.2. The molecule has 0 saturated carbocycles. The van der Waals surface area contributed by atoms with Gasteiger partial charge in [-0.25, -0.2) is 9.50 Å². The monoisotopic (exact) mass is 454 g/mol. The van der Waals surface area contributed by atoms with Gasteiger partial charge in [-0.05, 0) is 42.5 Å². The Bertz CT molecular complexity index is 1470. The highest BCUT2D eigenvalue weighted by Gasteiger charge is 2.20. The van der Waals surface area contributed by atoms with E-state index in [0.29, 0.717) is 0 Å². The van der Waals surface area contributed by atoms with Gasteiger partial charge in [0.15, 0.2) is 11.5 Å². The molecule has 0 unspecified atom stereocenters. The molecule has 0 saturated heterocycles. The maximum atomic E-state index is 5.52. The van der Waals surface area contributed by atoms with Crippen LogP contribution in [-0.4, -0.2) is 34.7 Å². The van der Waals surface area contributed by atoms with Crippen molar-refractivity contribution in [1.29, 1.82) is 0 Å². The molecule has 1 aliphatic heterocycles. The van der Waals surface area contributed by atoms with Crippen LogP contribution in [0, 0.1) is 0 Å². The van der Waals surface area contributed by atoms with Crippen LogP contribution in [0.4, 0.5) is 5.69 Å². The normalized spacial score (nSPS) is 12.6. The van der Waals surface area contributed by atoms with Gasteiger partial charge in [0.05, 0.1) is 19.0 Å². The second-order valence-electron chi connectivity index (χ2n) is 7.34. The third-order valence-corrected chi connectivity index (χ3v) is 6.27. The lowest BCUT2D eigenvalue weighted by Crippen LogP contribution is -1.95. The number of ether oxygens (including phenoxy) is 3. The Kier molecular flexibility index (Phi) is 4.77. The molecule has 3 heterocycles. The van der Waals surface area contributed by atoms with Crippen molar-refractivity contribution in [2.24, 2.45) is 4.99 Å². The first-order valence-corrected chi connectivity index (χ1v) is 11.1. The number of imidazole rings is 1. The minimum absolute atomic E-state index is 0.242. The summed E-state index contributed by atoms with van der Waals surface area (Å²) in [5.41, 5.74) is 4.43. The van der Waals surface area contributed by atoms with E-state index in [1.807, 2.05) is 83.5 Å². The molecule has 162 valence electrons. The minimum atomic E-state index is 0.242. The number of hydrogen-bond acceptors (Lipinski definition) is 7. The van der Waals surface area contributed by atoms with Crippen molar-refractivity contribution >= 4 is 28.2 Å². The van der Waals surface area contributed by atoms with Crippen LogP contribution in [0.15, 0.2) is 77.8 Å². The molecule has 0 aliphatic carbocycles. The highest BCUT2D eigenvalue weighted by Crippen LogP contribution is 2.38. The fourth-order valence-corrected chi connectivity index (χ4v) is 4.54. The number of aliphatic imine (C=N–C) groups is 1. The van der Waals surface area contributed by atoms with Gasteiger partial charge in [-0.15, -0.1) is 0 Å². The van der Waals surface area contributed by atoms with Crippen LogP contribution in [0.25, 0.3) is 26.8 Å². The largest absolute Gasteiger partial charge is 0.497 e. The SMILES string of the molecule is COc1ccc(N=Cc2c(-c3ccccc3)nc3sc(-c4ccc5c(c4)OCO5)nn23)cc1. The summed E-state index contributed by atoms with van der Waals surface area (Å²) in [6.45, 7) is 0.242. The molecule has 0 amide bonds. The van der Waals surface area contributed by atoms with E-state index < -0.39 is 0 Å². The van der Waals surface area contributed by atoms with Gasteiger partial charge in [-0.2, -0.15) is 5.10 Å². The molecule has 6 rings (SSSR count). The van der Waals surface area contributed by atoms with E-state index in [1.54, 1.807) is 7.11 Å². The van der Waals surface area contributed by atoms with Crippen LogP contribution >= 0.6 is 11.3 Å². The third-order valence-electron chi connectivity index (χ3n) is 5.31. The second-order valence-corrected chi connectivity index (χ2v) is 8.29. The van der Waals surface area contributed by atoms with Gasteiger partial charge in [-0.1, -0.05) is 41.7 Å². The molecule has 1 aliphatic rings. The maximum Gasteiger partial charge on any atom is 0.231 e. The number of aromatic nitrogens is 3. The van der Waals surface area contributed by atoms with Crippen molar-refractivity contribution in [1.82, 2.24) is 14.6 Å². The number of benzene rings is 3. The third kappa shape index (κ3) is 3.60. The predicted molar refractivity (Wildman–Crippen MR) is 128 cm³/mol. The molecule has 0 N–H and O–H groups in total. The Morgan fingerprint density at radius 1 is 0.970 bits per heavy atom. The first-order chi connectivity index (χ1) is 16.3. The van der Waals surface area contributed by atoms with E-state index in [9.17, 15) is 0 Å². The number of rotatable bonds is 5. The molecule has 5 aromatic rings. The van der Waals surface area contributed by atoms with Gasteiger partial charge in [0.25, 0.3) is 0 Å². The van der Waals surface area contributed by atoms with Crippen LogP contribution < -0.4 is 14.2 Å². The molecule has 3 aromatic carbocycles. The van der Waals surface area contributed by atoms with Crippen LogP contribution in [-0.2, 0) is 0 Å². The molecule has 0 atom stereocenters. The van der Waals surface area contributed by atoms with E-state index in [4.69, 9.17) is 24.3 Å². The Balaban J connectivity index is 1.44. The van der Waals surface area contributed by atoms with Gasteiger partial charge < -0.3 is 14.2 Å². The summed E-state index contributed by atoms with van der Waals surface area (Å²) in [6.07, 6.45) is 1.81. The lowest BCUT2D eigenvalue weighted by molar-refractivity contribution is 0.174. The average molecular weight is 455 g/mol. The Morgan fingerprint density at radius 3 is 2.61 bits per heavy atom. The van der Waals surface area contributed by atoms with Crippen LogP contribution in [0.5, 0.6) is 17.2 Å². The van der Waals surface area contributed by atoms with Gasteiger partial charge in [0.2, 0.25) is 11.8 Å². The number of methoxy groups -OCH3 is 1. The van der Waals surface area contributed by atoms with E-state index in [0.717, 1.165) is 55.4 Å². The zero-order valence-corrected chi connectivity index (χ0v) is 18.5. The van der Waals surface area contributed by atoms with Crippen molar-refractivity contribution in [2.75, 3.05) is 13.9 Å². The van der Waals surface area contributed by atoms with Gasteiger partial charge in [-0.3, -0.25) is 4.99 Å². The molecule has 2 aromatic heterocycles. The molecular weight excluding hydrogens is 436 g/mol. The Morgan fingerprint density at radius 2 is 1.79 bits per heavy atom. The number of fused-ring (bicyclic) bond motifs is 2. The molecule has 0 fully saturated rings. The zero-order valence-electron chi connectivity index (χ0n) is 17.6. The Hall–Kier alpha value is -4.17. The molecule has 7 nitrogen and oxygen atoms in total. The van der Waals surface area contributed by atoms with Crippen LogP contribution in [0.1, 0.15) is 5.69 Å². The van der Waals surface area contributed by atoms with E-state index in [1.165, 1.54) is 11.3 Å². The Labute approximate surface area is 193 Å². The van der Waals surface area contributed by atoms with Gasteiger partial charge in [0.1, 0.15) is 22.1 Å². The lowest BCUT2D eigenvalue weighted by atomic mass is 10.1. The molecule has 0 radical (unpaired) electrons. The molecule has 33 heavy (non-hydrogen) atoms. The quantitative estimate of drug-likeness (QED) is 0.323. The van der Waals surface area contributed by atoms with E-state index in [2.05, 4.69) is 4.99 Å². The standard InChI is InChI=1S/C25H18N4O3S/c1-30-19-10-8-18(9-11-19)26-14-20-23(16-5-3-2-4-6-16)27-25-29(20)28-24(33-25)17-7-12-21-22(13-17)32-15-31-21/h2-14H,15H2,1H3. The van der Waals surface area contributed by atoms with Crippen LogP contribution in [0.3, 0.4) is 0 Å². The van der Waals surface area contributed by atoms with Gasteiger partial charge in [0, 0.05) is 11.1 Å². The highest BCUT2D eigenvalue weighted by molar-refractivity contribution is 7.19. The van der Waals surface area contributed by atoms with E-state index >= 15 is 0 Å². The second kappa shape index (κ2) is 8.07. The summed E-state index contributed by atoms with van der Waals surface area (Å²) < 4.78 is 18.0. The lowest BCUT2D eigenvalue weighted by Gasteiger charge is -2.01. The molecule has 0 bridgehead atoms. The number of nitrogens with zero attached hydrogens (tertiary/aromatic N) is 4. The van der Waals surface area contributed by atoms with Crippen molar-refractivity contribution < 1.29 is 14.2 Å². The summed E-state index contributed by atoms with van der Waals surface area (Å²) in [6, 6.07) is 23.5. The first-order valence-electron chi connectivity index (χ1n) is 10.3. The van der Waals surface area contributed by atoms with Crippen molar-refractivity contribution in [2.45, 2.75) is 0 Å². The van der Waals surface area contributed by atoms with Crippen molar-refractivity contribution in [3.63, 3.8) is 0 Å².